The number of benzene rings is 9. The van der Waals surface area contributed by atoms with Crippen LogP contribution in [-0.2, 0) is 0 Å². The van der Waals surface area contributed by atoms with Crippen LogP contribution < -0.4 is 0 Å². The van der Waals surface area contributed by atoms with E-state index in [9.17, 15) is 0 Å². The van der Waals surface area contributed by atoms with Crippen LogP contribution in [0.5, 0.6) is 0 Å². The molecule has 0 heteroatoms. The Kier molecular flexibility index (Phi) is 5.47. The second-order valence-electron chi connectivity index (χ2n) is 14.8. The van der Waals surface area contributed by atoms with E-state index in [-0.39, 0.29) is 0 Å². The van der Waals surface area contributed by atoms with Gasteiger partial charge in [0.05, 0.1) is 0 Å². The van der Waals surface area contributed by atoms with Crippen LogP contribution >= 0.6 is 0 Å². The van der Waals surface area contributed by atoms with Crippen LogP contribution in [0.1, 0.15) is 22.3 Å². The highest BCUT2D eigenvalue weighted by Gasteiger charge is 2.21. The van der Waals surface area contributed by atoms with Crippen LogP contribution in [0.2, 0.25) is 0 Å². The Morgan fingerprint density at radius 3 is 0.940 bits per heavy atom. The lowest BCUT2D eigenvalue weighted by molar-refractivity contribution is 1.47. The topological polar surface area (TPSA) is 0 Å². The summed E-state index contributed by atoms with van der Waals surface area (Å²) in [5.74, 6) is 0. The van der Waals surface area contributed by atoms with E-state index in [1.165, 1.54) is 131 Å². The van der Waals surface area contributed by atoms with Crippen LogP contribution in [0, 0.1) is 27.7 Å². The van der Waals surface area contributed by atoms with Gasteiger partial charge in [-0.3, -0.25) is 0 Å². The van der Waals surface area contributed by atoms with E-state index >= 15 is 0 Å². The van der Waals surface area contributed by atoms with Crippen molar-refractivity contribution < 1.29 is 0 Å². The molecule has 11 rings (SSSR count). The van der Waals surface area contributed by atoms with Gasteiger partial charge in [0.15, 0.2) is 0 Å². The average molecular weight is 635 g/mol. The minimum Gasteiger partial charge on any atom is -0.0614 e. The molecule has 0 unspecified atom stereocenters. The lowest BCUT2D eigenvalue weighted by Gasteiger charge is -2.14. The first-order valence-electron chi connectivity index (χ1n) is 17.7. The third-order valence-electron chi connectivity index (χ3n) is 11.5. The van der Waals surface area contributed by atoms with Gasteiger partial charge in [-0.25, -0.2) is 0 Å². The Hall–Kier alpha value is -5.98. The highest BCUT2D eigenvalue weighted by molar-refractivity contribution is 6.40. The Balaban J connectivity index is 1.34. The number of aryl methyl sites for hydroxylation is 4. The summed E-state index contributed by atoms with van der Waals surface area (Å²) in [7, 11) is 0. The van der Waals surface area contributed by atoms with Gasteiger partial charge in [-0.1, -0.05) is 119 Å². The summed E-state index contributed by atoms with van der Waals surface area (Å²) in [4.78, 5) is 0. The van der Waals surface area contributed by atoms with Crippen LogP contribution in [0.3, 0.4) is 0 Å². The minimum atomic E-state index is 1.27. The largest absolute Gasteiger partial charge is 0.0614 e. The van der Waals surface area contributed by atoms with Gasteiger partial charge in [-0.15, -0.1) is 0 Å². The van der Waals surface area contributed by atoms with Crippen molar-refractivity contribution in [3.63, 3.8) is 0 Å². The van der Waals surface area contributed by atoms with E-state index in [2.05, 4.69) is 161 Å². The Morgan fingerprint density at radius 2 is 0.540 bits per heavy atom. The molecule has 0 saturated heterocycles. The van der Waals surface area contributed by atoms with Gasteiger partial charge in [0, 0.05) is 0 Å². The lowest BCUT2D eigenvalue weighted by atomic mass is 9.89. The van der Waals surface area contributed by atoms with Crippen LogP contribution in [-0.4, -0.2) is 0 Å². The van der Waals surface area contributed by atoms with Crippen LogP contribution in [0.4, 0.5) is 0 Å². The minimum absolute atomic E-state index is 1.27. The third-order valence-corrected chi connectivity index (χ3v) is 11.5. The van der Waals surface area contributed by atoms with E-state index in [4.69, 9.17) is 0 Å². The summed E-state index contributed by atoms with van der Waals surface area (Å²) in [6.45, 7) is 8.79. The maximum absolute atomic E-state index is 2.51. The number of fused-ring (bicyclic) bond motifs is 11. The standard InChI is InChI=1S/C50H34/c1-27-7-5-9-31(17-27)33-21-43-37-15-16-38-42(41(37)25-47-35-13-11-29(3)19-39(35)45(23-33)49(43)47)26-48-36-14-12-30(4)20-40(36)46-24-34(22-44(38)50(46)48)32-10-6-8-28(2)18-32/h5-26H,1-4H3. The molecule has 0 aromatic heterocycles. The molecule has 0 nitrogen and oxygen atoms in total. The molecule has 234 valence electrons. The fraction of sp³-hybridized carbons (Fsp3) is 0.0800. The molecular weight excluding hydrogens is 601 g/mol. The SMILES string of the molecule is Cc1cccc(-c2cc3c4ccc5c(cc6c7ccc(C)cc7c7cc(-c8cccc(C)c8)cc5c76)c4cc4c5ccc(C)cc5c(c2)c34)c1. The predicted octanol–water partition coefficient (Wildman–Crippen LogP) is 14.4. The van der Waals surface area contributed by atoms with Crippen molar-refractivity contribution in [1.82, 2.24) is 0 Å². The lowest BCUT2D eigenvalue weighted by Crippen LogP contribution is -1.87. The van der Waals surface area contributed by atoms with Gasteiger partial charge < -0.3 is 0 Å². The zero-order valence-electron chi connectivity index (χ0n) is 28.7. The maximum Gasteiger partial charge on any atom is -0.00195 e. The van der Waals surface area contributed by atoms with Gasteiger partial charge in [-0.2, -0.15) is 0 Å². The second kappa shape index (κ2) is 9.80. The molecule has 0 aliphatic heterocycles. The van der Waals surface area contributed by atoms with Gasteiger partial charge in [-0.05, 0) is 173 Å². The van der Waals surface area contributed by atoms with Crippen LogP contribution in [0.25, 0.3) is 108 Å². The second-order valence-corrected chi connectivity index (χ2v) is 14.8. The van der Waals surface area contributed by atoms with Gasteiger partial charge in [0.1, 0.15) is 0 Å². The van der Waals surface area contributed by atoms with E-state index in [1.807, 2.05) is 0 Å². The average Bonchev–Trinajstić information content (AvgIpc) is 3.60. The fourth-order valence-corrected chi connectivity index (χ4v) is 9.20. The highest BCUT2D eigenvalue weighted by Crippen LogP contribution is 2.49. The summed E-state index contributed by atoms with van der Waals surface area (Å²) >= 11 is 0. The molecule has 0 aliphatic carbocycles. The first kappa shape index (κ1) is 27.9. The first-order valence-corrected chi connectivity index (χ1v) is 17.7. The first-order chi connectivity index (χ1) is 24.4. The fourth-order valence-electron chi connectivity index (χ4n) is 9.20. The molecule has 11 aromatic carbocycles. The molecule has 0 atom stereocenters. The molecular formula is C50H34. The van der Waals surface area contributed by atoms with Crippen molar-refractivity contribution >= 4 is 86.2 Å². The number of rotatable bonds is 2. The summed E-state index contributed by atoms with van der Waals surface area (Å²) in [6.07, 6.45) is 0. The maximum atomic E-state index is 2.51. The van der Waals surface area contributed by atoms with E-state index in [0.29, 0.717) is 0 Å². The smallest absolute Gasteiger partial charge is 0.00195 e. The molecule has 0 fully saturated rings. The van der Waals surface area contributed by atoms with E-state index < -0.39 is 0 Å². The normalized spacial score (nSPS) is 12.4. The Morgan fingerprint density at radius 1 is 0.220 bits per heavy atom. The van der Waals surface area contributed by atoms with Crippen molar-refractivity contribution in [3.8, 4) is 22.3 Å². The predicted molar refractivity (Wildman–Crippen MR) is 219 cm³/mol. The van der Waals surface area contributed by atoms with Crippen molar-refractivity contribution in [1.29, 1.82) is 0 Å². The molecule has 0 saturated carbocycles. The van der Waals surface area contributed by atoms with Crippen molar-refractivity contribution in [2.75, 3.05) is 0 Å². The molecule has 0 spiro atoms. The molecule has 0 aliphatic rings. The number of hydrogen-bond acceptors (Lipinski definition) is 0. The molecule has 0 N–H and O–H groups in total. The monoisotopic (exact) mass is 634 g/mol. The quantitative estimate of drug-likeness (QED) is 0.166. The van der Waals surface area contributed by atoms with Crippen molar-refractivity contribution in [2.45, 2.75) is 27.7 Å². The summed E-state index contributed by atoms with van der Waals surface area (Å²) in [5.41, 5.74) is 10.2. The van der Waals surface area contributed by atoms with Crippen molar-refractivity contribution in [2.24, 2.45) is 0 Å². The zero-order valence-corrected chi connectivity index (χ0v) is 28.7. The Labute approximate surface area is 290 Å². The molecule has 0 amide bonds. The Bertz CT molecular complexity index is 3010. The van der Waals surface area contributed by atoms with Crippen molar-refractivity contribution in [3.05, 3.63) is 156 Å². The van der Waals surface area contributed by atoms with Gasteiger partial charge >= 0.3 is 0 Å². The molecule has 50 heavy (non-hydrogen) atoms. The third kappa shape index (κ3) is 3.77. The molecule has 0 radical (unpaired) electrons. The van der Waals surface area contributed by atoms with E-state index in [0.717, 1.165) is 0 Å². The van der Waals surface area contributed by atoms with Gasteiger partial charge in [0.2, 0.25) is 0 Å². The van der Waals surface area contributed by atoms with E-state index in [1.54, 1.807) is 0 Å². The zero-order chi connectivity index (χ0) is 33.4. The number of hydrogen-bond donors (Lipinski definition) is 0. The summed E-state index contributed by atoms with van der Waals surface area (Å²) < 4.78 is 0. The van der Waals surface area contributed by atoms with Crippen LogP contribution in [0.15, 0.2) is 133 Å². The summed E-state index contributed by atoms with van der Waals surface area (Å²) in [5, 5.41) is 21.5. The highest BCUT2D eigenvalue weighted by atomic mass is 14.2. The summed E-state index contributed by atoms with van der Waals surface area (Å²) in [6, 6.07) is 51.5. The molecule has 11 aromatic rings. The molecule has 0 bridgehead atoms. The molecule has 0 heterocycles. The van der Waals surface area contributed by atoms with Gasteiger partial charge in [0.25, 0.3) is 0 Å².